The Bertz CT molecular complexity index is 556. The van der Waals surface area contributed by atoms with Gasteiger partial charge in [-0.05, 0) is 24.1 Å². The van der Waals surface area contributed by atoms with Crippen LogP contribution >= 0.6 is 0 Å². The number of ether oxygens (including phenoxy) is 1. The summed E-state index contributed by atoms with van der Waals surface area (Å²) in [5.74, 6) is -1.72. The number of carboxylic acids is 1. The van der Waals surface area contributed by atoms with E-state index in [9.17, 15) is 14.4 Å². The van der Waals surface area contributed by atoms with Gasteiger partial charge < -0.3 is 20.5 Å². The second kappa shape index (κ2) is 6.16. The molecule has 0 radical (unpaired) electrons. The quantitative estimate of drug-likeness (QED) is 0.540. The van der Waals surface area contributed by atoms with Gasteiger partial charge in [0.25, 0.3) is 0 Å². The van der Waals surface area contributed by atoms with E-state index in [0.717, 1.165) is 5.56 Å². The number of carbonyl (C=O) groups is 3. The standard InChI is InChI=1S/C13H14N2O5/c16-11-6-12(17)15-10-5-8(1-2-9(10)14-11)3-4-20-7-13(18)19/h1-2,5H,3-4,6-7H2,(H,14,16)(H,15,17)(H,18,19). The number of carbonyl (C=O) groups excluding carboxylic acids is 2. The van der Waals surface area contributed by atoms with Gasteiger partial charge >= 0.3 is 5.97 Å². The van der Waals surface area contributed by atoms with Crippen molar-refractivity contribution in [1.82, 2.24) is 0 Å². The molecule has 7 heteroatoms. The van der Waals surface area contributed by atoms with E-state index in [1.807, 2.05) is 0 Å². The lowest BCUT2D eigenvalue weighted by atomic mass is 10.1. The zero-order chi connectivity index (χ0) is 14.5. The zero-order valence-electron chi connectivity index (χ0n) is 10.6. The van der Waals surface area contributed by atoms with Crippen molar-refractivity contribution >= 4 is 29.2 Å². The Morgan fingerprint density at radius 2 is 1.90 bits per heavy atom. The molecular formula is C13H14N2O5. The number of amides is 2. The monoisotopic (exact) mass is 278 g/mol. The van der Waals surface area contributed by atoms with Crippen LogP contribution < -0.4 is 10.6 Å². The van der Waals surface area contributed by atoms with Crippen molar-refractivity contribution in [3.8, 4) is 0 Å². The summed E-state index contributed by atoms with van der Waals surface area (Å²) in [5, 5.41) is 13.7. The van der Waals surface area contributed by atoms with Crippen molar-refractivity contribution in [3.05, 3.63) is 23.8 Å². The number of benzene rings is 1. The highest BCUT2D eigenvalue weighted by Gasteiger charge is 2.18. The van der Waals surface area contributed by atoms with Gasteiger partial charge in [0.1, 0.15) is 13.0 Å². The van der Waals surface area contributed by atoms with Crippen molar-refractivity contribution in [2.45, 2.75) is 12.8 Å². The molecule has 0 bridgehead atoms. The highest BCUT2D eigenvalue weighted by molar-refractivity contribution is 6.13. The molecule has 0 saturated heterocycles. The van der Waals surface area contributed by atoms with Gasteiger partial charge in [-0.15, -0.1) is 0 Å². The van der Waals surface area contributed by atoms with Crippen LogP contribution in [-0.2, 0) is 25.5 Å². The third-order valence-corrected chi connectivity index (χ3v) is 2.71. The molecule has 1 aromatic carbocycles. The van der Waals surface area contributed by atoms with Gasteiger partial charge in [-0.1, -0.05) is 6.07 Å². The molecule has 1 aromatic rings. The Balaban J connectivity index is 2.01. The molecule has 1 aliphatic heterocycles. The first kappa shape index (κ1) is 14.0. The topological polar surface area (TPSA) is 105 Å². The van der Waals surface area contributed by atoms with Crippen LogP contribution in [0.2, 0.25) is 0 Å². The zero-order valence-corrected chi connectivity index (χ0v) is 10.6. The van der Waals surface area contributed by atoms with Gasteiger partial charge in [0.2, 0.25) is 11.8 Å². The van der Waals surface area contributed by atoms with Crippen molar-refractivity contribution in [2.24, 2.45) is 0 Å². The predicted molar refractivity (Wildman–Crippen MR) is 70.5 cm³/mol. The number of anilines is 2. The Kier molecular flexibility index (Phi) is 4.31. The van der Waals surface area contributed by atoms with Crippen LogP contribution in [0.1, 0.15) is 12.0 Å². The smallest absolute Gasteiger partial charge is 0.329 e. The first-order valence-corrected chi connectivity index (χ1v) is 6.07. The lowest BCUT2D eigenvalue weighted by molar-refractivity contribution is -0.142. The average Bonchev–Trinajstić information content (AvgIpc) is 2.50. The van der Waals surface area contributed by atoms with Gasteiger partial charge in [-0.25, -0.2) is 4.79 Å². The van der Waals surface area contributed by atoms with Crippen molar-refractivity contribution in [2.75, 3.05) is 23.8 Å². The molecule has 106 valence electrons. The molecule has 0 atom stereocenters. The molecule has 0 spiro atoms. The Labute approximate surface area is 114 Å². The molecule has 3 N–H and O–H groups in total. The molecular weight excluding hydrogens is 264 g/mol. The minimum absolute atomic E-state index is 0.203. The van der Waals surface area contributed by atoms with Crippen molar-refractivity contribution < 1.29 is 24.2 Å². The van der Waals surface area contributed by atoms with E-state index in [1.165, 1.54) is 0 Å². The first-order chi connectivity index (χ1) is 9.54. The van der Waals surface area contributed by atoms with E-state index in [1.54, 1.807) is 18.2 Å². The van der Waals surface area contributed by atoms with E-state index in [0.29, 0.717) is 17.8 Å². The van der Waals surface area contributed by atoms with Crippen molar-refractivity contribution in [1.29, 1.82) is 0 Å². The van der Waals surface area contributed by atoms with E-state index in [2.05, 4.69) is 10.6 Å². The number of carboxylic acid groups (broad SMARTS) is 1. The maximum atomic E-state index is 11.4. The third kappa shape index (κ3) is 3.79. The van der Waals surface area contributed by atoms with Gasteiger partial charge in [0.05, 0.1) is 18.0 Å². The number of hydrogen-bond donors (Lipinski definition) is 3. The lowest BCUT2D eigenvalue weighted by Gasteiger charge is -2.09. The van der Waals surface area contributed by atoms with Gasteiger partial charge in [-0.2, -0.15) is 0 Å². The van der Waals surface area contributed by atoms with Gasteiger partial charge in [0.15, 0.2) is 0 Å². The highest BCUT2D eigenvalue weighted by atomic mass is 16.5. The lowest BCUT2D eigenvalue weighted by Crippen LogP contribution is -2.16. The summed E-state index contributed by atoms with van der Waals surface area (Å²) in [6.07, 6.45) is 0.316. The van der Waals surface area contributed by atoms with Crippen LogP contribution in [0, 0.1) is 0 Å². The largest absolute Gasteiger partial charge is 0.480 e. The second-order valence-electron chi connectivity index (χ2n) is 4.35. The number of nitrogens with one attached hydrogen (secondary N) is 2. The Hall–Kier alpha value is -2.41. The Morgan fingerprint density at radius 3 is 2.60 bits per heavy atom. The van der Waals surface area contributed by atoms with Crippen LogP contribution in [0.15, 0.2) is 18.2 Å². The van der Waals surface area contributed by atoms with Crippen LogP contribution in [0.5, 0.6) is 0 Å². The predicted octanol–water partition coefficient (Wildman–Crippen LogP) is 0.611. The maximum Gasteiger partial charge on any atom is 0.329 e. The molecule has 0 fully saturated rings. The van der Waals surface area contributed by atoms with E-state index in [4.69, 9.17) is 9.84 Å². The molecule has 0 saturated carbocycles. The summed E-state index contributed by atoms with van der Waals surface area (Å²) >= 11 is 0. The third-order valence-electron chi connectivity index (χ3n) is 2.71. The van der Waals surface area contributed by atoms with Crippen LogP contribution in [0.3, 0.4) is 0 Å². The van der Waals surface area contributed by atoms with Crippen LogP contribution in [0.4, 0.5) is 11.4 Å². The molecule has 2 amide bonds. The minimum atomic E-state index is -1.01. The SMILES string of the molecule is O=C(O)COCCc1ccc2c(c1)NC(=O)CC(=O)N2. The molecule has 1 heterocycles. The fraction of sp³-hybridized carbons (Fsp3) is 0.308. The van der Waals surface area contributed by atoms with Crippen molar-refractivity contribution in [3.63, 3.8) is 0 Å². The van der Waals surface area contributed by atoms with E-state index < -0.39 is 5.97 Å². The second-order valence-corrected chi connectivity index (χ2v) is 4.35. The molecule has 1 aliphatic rings. The number of fused-ring (bicyclic) bond motifs is 1. The summed E-state index contributed by atoms with van der Waals surface area (Å²) in [7, 11) is 0. The summed E-state index contributed by atoms with van der Waals surface area (Å²) in [6, 6.07) is 5.23. The summed E-state index contributed by atoms with van der Waals surface area (Å²) in [5.41, 5.74) is 1.97. The molecule has 0 aliphatic carbocycles. The number of rotatable bonds is 5. The molecule has 0 aromatic heterocycles. The van der Waals surface area contributed by atoms with Gasteiger partial charge in [-0.3, -0.25) is 9.59 Å². The normalized spacial score (nSPS) is 14.0. The average molecular weight is 278 g/mol. The fourth-order valence-corrected chi connectivity index (χ4v) is 1.84. The molecule has 0 unspecified atom stereocenters. The molecule has 20 heavy (non-hydrogen) atoms. The summed E-state index contributed by atoms with van der Waals surface area (Å²) in [6.45, 7) is -0.0663. The Morgan fingerprint density at radius 1 is 1.20 bits per heavy atom. The summed E-state index contributed by atoms with van der Waals surface area (Å²) < 4.78 is 4.95. The maximum absolute atomic E-state index is 11.4. The van der Waals surface area contributed by atoms with E-state index in [-0.39, 0.29) is 31.4 Å². The molecule has 7 nitrogen and oxygen atoms in total. The number of aliphatic carboxylic acids is 1. The number of hydrogen-bond acceptors (Lipinski definition) is 4. The highest BCUT2D eigenvalue weighted by Crippen LogP contribution is 2.26. The minimum Gasteiger partial charge on any atom is -0.480 e. The summed E-state index contributed by atoms with van der Waals surface area (Å²) in [4.78, 5) is 33.1. The van der Waals surface area contributed by atoms with Gasteiger partial charge in [0, 0.05) is 0 Å². The van der Waals surface area contributed by atoms with Crippen LogP contribution in [-0.4, -0.2) is 36.1 Å². The first-order valence-electron chi connectivity index (χ1n) is 6.07. The van der Waals surface area contributed by atoms with Crippen LogP contribution in [0.25, 0.3) is 0 Å². The van der Waals surface area contributed by atoms with E-state index >= 15 is 0 Å². The fourth-order valence-electron chi connectivity index (χ4n) is 1.84. The molecule has 2 rings (SSSR count).